The van der Waals surface area contributed by atoms with E-state index in [1.54, 1.807) is 7.11 Å². The van der Waals surface area contributed by atoms with Crippen LogP contribution in [0.15, 0.2) is 42.5 Å². The predicted molar refractivity (Wildman–Crippen MR) is 84.0 cm³/mol. The molecule has 5 nitrogen and oxygen atoms in total. The average molecular weight is 297 g/mol. The third-order valence-corrected chi connectivity index (χ3v) is 3.95. The number of nitrogens with two attached hydrogens (primary N) is 1. The maximum Gasteiger partial charge on any atom is 0.265 e. The number of fused-ring (bicyclic) bond motifs is 1. The zero-order valence-electron chi connectivity index (χ0n) is 12.5. The molecule has 0 saturated heterocycles. The van der Waals surface area contributed by atoms with Crippen LogP contribution in [0.2, 0.25) is 0 Å². The summed E-state index contributed by atoms with van der Waals surface area (Å²) in [6.07, 6.45) is 0. The highest BCUT2D eigenvalue weighted by molar-refractivity contribution is 5.94. The third-order valence-electron chi connectivity index (χ3n) is 3.95. The van der Waals surface area contributed by atoms with E-state index in [1.165, 1.54) is 16.7 Å². The van der Waals surface area contributed by atoms with Gasteiger partial charge in [-0.15, -0.1) is 0 Å². The SMILES string of the molecule is COc1ccc(CN2Cc3ccc(C(=O)NN)cc3C2)cc1. The van der Waals surface area contributed by atoms with Crippen LogP contribution < -0.4 is 16.0 Å². The first-order valence-corrected chi connectivity index (χ1v) is 7.17. The van der Waals surface area contributed by atoms with Gasteiger partial charge in [0, 0.05) is 25.2 Å². The van der Waals surface area contributed by atoms with Crippen molar-refractivity contribution in [2.24, 2.45) is 5.84 Å². The summed E-state index contributed by atoms with van der Waals surface area (Å²) in [4.78, 5) is 13.9. The molecule has 114 valence electrons. The highest BCUT2D eigenvalue weighted by Crippen LogP contribution is 2.25. The van der Waals surface area contributed by atoms with Gasteiger partial charge >= 0.3 is 0 Å². The minimum Gasteiger partial charge on any atom is -0.497 e. The number of rotatable bonds is 4. The molecule has 1 heterocycles. The topological polar surface area (TPSA) is 67.6 Å². The van der Waals surface area contributed by atoms with E-state index in [2.05, 4.69) is 22.5 Å². The molecular formula is C17H19N3O2. The van der Waals surface area contributed by atoms with Crippen LogP contribution in [0.3, 0.4) is 0 Å². The third kappa shape index (κ3) is 2.95. The van der Waals surface area contributed by atoms with Crippen LogP contribution in [0.4, 0.5) is 0 Å². The molecule has 0 radical (unpaired) electrons. The number of nitrogens with zero attached hydrogens (tertiary/aromatic N) is 1. The van der Waals surface area contributed by atoms with E-state index in [0.717, 1.165) is 25.4 Å². The van der Waals surface area contributed by atoms with Crippen LogP contribution in [0.25, 0.3) is 0 Å². The molecule has 1 amide bonds. The molecule has 0 spiro atoms. The summed E-state index contributed by atoms with van der Waals surface area (Å²) >= 11 is 0. The number of carbonyl (C=O) groups excluding carboxylic acids is 1. The lowest BCUT2D eigenvalue weighted by Crippen LogP contribution is -2.30. The van der Waals surface area contributed by atoms with Gasteiger partial charge in [0.1, 0.15) is 5.75 Å². The van der Waals surface area contributed by atoms with Gasteiger partial charge in [-0.25, -0.2) is 5.84 Å². The summed E-state index contributed by atoms with van der Waals surface area (Å²) in [5, 5.41) is 0. The average Bonchev–Trinajstić information content (AvgIpc) is 2.96. The molecule has 22 heavy (non-hydrogen) atoms. The van der Waals surface area contributed by atoms with Gasteiger partial charge in [-0.3, -0.25) is 15.1 Å². The molecule has 2 aromatic carbocycles. The van der Waals surface area contributed by atoms with Crippen LogP contribution in [-0.2, 0) is 19.6 Å². The summed E-state index contributed by atoms with van der Waals surface area (Å²) in [7, 11) is 1.67. The molecule has 0 unspecified atom stereocenters. The lowest BCUT2D eigenvalue weighted by molar-refractivity contribution is 0.0953. The number of methoxy groups -OCH3 is 1. The van der Waals surface area contributed by atoms with Crippen LogP contribution >= 0.6 is 0 Å². The molecule has 1 aliphatic heterocycles. The van der Waals surface area contributed by atoms with Gasteiger partial charge in [-0.05, 0) is 41.0 Å². The minimum absolute atomic E-state index is 0.253. The second-order valence-electron chi connectivity index (χ2n) is 5.45. The molecule has 0 aliphatic carbocycles. The first kappa shape index (κ1) is 14.6. The molecule has 0 aromatic heterocycles. The van der Waals surface area contributed by atoms with E-state index >= 15 is 0 Å². The Balaban J connectivity index is 1.69. The van der Waals surface area contributed by atoms with E-state index in [0.29, 0.717) is 5.56 Å². The zero-order chi connectivity index (χ0) is 15.5. The summed E-state index contributed by atoms with van der Waals surface area (Å²) in [6, 6.07) is 13.9. The molecule has 0 bridgehead atoms. The van der Waals surface area contributed by atoms with Crippen molar-refractivity contribution in [3.63, 3.8) is 0 Å². The predicted octanol–water partition coefficient (Wildman–Crippen LogP) is 1.81. The molecule has 1 aliphatic rings. The Morgan fingerprint density at radius 1 is 1.18 bits per heavy atom. The van der Waals surface area contributed by atoms with Crippen LogP contribution in [0.1, 0.15) is 27.0 Å². The molecule has 0 atom stereocenters. The maximum absolute atomic E-state index is 11.6. The number of ether oxygens (including phenoxy) is 1. The van der Waals surface area contributed by atoms with Crippen molar-refractivity contribution in [1.29, 1.82) is 0 Å². The van der Waals surface area contributed by atoms with Crippen molar-refractivity contribution in [2.45, 2.75) is 19.6 Å². The number of carbonyl (C=O) groups is 1. The van der Waals surface area contributed by atoms with Crippen molar-refractivity contribution in [3.8, 4) is 5.75 Å². The number of hydrazine groups is 1. The van der Waals surface area contributed by atoms with E-state index in [-0.39, 0.29) is 5.91 Å². The summed E-state index contributed by atoms with van der Waals surface area (Å²) in [5.41, 5.74) is 6.47. The van der Waals surface area contributed by atoms with Crippen molar-refractivity contribution in [2.75, 3.05) is 7.11 Å². The summed E-state index contributed by atoms with van der Waals surface area (Å²) < 4.78 is 5.17. The van der Waals surface area contributed by atoms with Gasteiger partial charge < -0.3 is 4.74 Å². The summed E-state index contributed by atoms with van der Waals surface area (Å²) in [5.74, 6) is 5.80. The minimum atomic E-state index is -0.253. The number of nitrogens with one attached hydrogen (secondary N) is 1. The fourth-order valence-corrected chi connectivity index (χ4v) is 2.79. The Morgan fingerprint density at radius 3 is 2.59 bits per heavy atom. The van der Waals surface area contributed by atoms with Crippen molar-refractivity contribution >= 4 is 5.91 Å². The Kier molecular flexibility index (Phi) is 4.09. The second-order valence-corrected chi connectivity index (χ2v) is 5.45. The quantitative estimate of drug-likeness (QED) is 0.513. The Morgan fingerprint density at radius 2 is 1.91 bits per heavy atom. The Hall–Kier alpha value is -2.37. The van der Waals surface area contributed by atoms with Gasteiger partial charge in [0.15, 0.2) is 0 Å². The molecule has 0 fully saturated rings. The molecular weight excluding hydrogens is 278 g/mol. The second kappa shape index (κ2) is 6.17. The number of hydrogen-bond donors (Lipinski definition) is 2. The van der Waals surface area contributed by atoms with E-state index < -0.39 is 0 Å². The maximum atomic E-state index is 11.6. The van der Waals surface area contributed by atoms with Crippen LogP contribution in [0, 0.1) is 0 Å². The lowest BCUT2D eigenvalue weighted by atomic mass is 10.1. The number of nitrogen functional groups attached to an aromatic ring is 1. The fraction of sp³-hybridized carbons (Fsp3) is 0.235. The Labute approximate surface area is 129 Å². The van der Waals surface area contributed by atoms with Crippen LogP contribution in [0.5, 0.6) is 5.75 Å². The summed E-state index contributed by atoms with van der Waals surface area (Å²) in [6.45, 7) is 2.61. The molecule has 5 heteroatoms. The van der Waals surface area contributed by atoms with Gasteiger partial charge in [0.25, 0.3) is 5.91 Å². The lowest BCUT2D eigenvalue weighted by Gasteiger charge is -2.14. The highest BCUT2D eigenvalue weighted by atomic mass is 16.5. The van der Waals surface area contributed by atoms with E-state index in [4.69, 9.17) is 10.6 Å². The fourth-order valence-electron chi connectivity index (χ4n) is 2.79. The molecule has 2 aromatic rings. The number of hydrogen-bond acceptors (Lipinski definition) is 4. The largest absolute Gasteiger partial charge is 0.497 e. The van der Waals surface area contributed by atoms with Crippen molar-refractivity contribution in [1.82, 2.24) is 10.3 Å². The number of benzene rings is 2. The molecule has 3 N–H and O–H groups in total. The van der Waals surface area contributed by atoms with Crippen molar-refractivity contribution < 1.29 is 9.53 Å². The van der Waals surface area contributed by atoms with Crippen LogP contribution in [-0.4, -0.2) is 17.9 Å². The van der Waals surface area contributed by atoms with Gasteiger partial charge in [0.2, 0.25) is 0 Å². The van der Waals surface area contributed by atoms with Gasteiger partial charge in [0.05, 0.1) is 7.11 Å². The molecule has 0 saturated carbocycles. The van der Waals surface area contributed by atoms with E-state index in [9.17, 15) is 4.79 Å². The highest BCUT2D eigenvalue weighted by Gasteiger charge is 2.20. The zero-order valence-corrected chi connectivity index (χ0v) is 12.5. The smallest absolute Gasteiger partial charge is 0.265 e. The first-order chi connectivity index (χ1) is 10.7. The van der Waals surface area contributed by atoms with Gasteiger partial charge in [-0.2, -0.15) is 0 Å². The Bertz CT molecular complexity index is 683. The van der Waals surface area contributed by atoms with Crippen molar-refractivity contribution in [3.05, 3.63) is 64.7 Å². The van der Waals surface area contributed by atoms with Gasteiger partial charge in [-0.1, -0.05) is 18.2 Å². The standard InChI is InChI=1S/C17H19N3O2/c1-22-16-6-2-12(3-7-16)9-20-10-14-5-4-13(17(21)19-18)8-15(14)11-20/h2-8H,9-11,18H2,1H3,(H,19,21). The number of amides is 1. The monoisotopic (exact) mass is 297 g/mol. The molecule has 3 rings (SSSR count). The first-order valence-electron chi connectivity index (χ1n) is 7.17. The normalized spacial score (nSPS) is 13.7. The van der Waals surface area contributed by atoms with E-state index in [1.807, 2.05) is 30.3 Å².